The number of thioether (sulfide) groups is 1. The van der Waals surface area contributed by atoms with Crippen LogP contribution in [0.4, 0.5) is 0 Å². The molecule has 20 heavy (non-hydrogen) atoms. The molecular formula is C14H21BrN2O2S. The van der Waals surface area contributed by atoms with Crippen molar-refractivity contribution in [1.29, 1.82) is 0 Å². The first-order valence-electron chi connectivity index (χ1n) is 6.55. The van der Waals surface area contributed by atoms with Gasteiger partial charge >= 0.3 is 5.97 Å². The van der Waals surface area contributed by atoms with Gasteiger partial charge in [0.1, 0.15) is 5.54 Å². The molecule has 0 saturated heterocycles. The molecule has 2 unspecified atom stereocenters. The van der Waals surface area contributed by atoms with Gasteiger partial charge in [0.2, 0.25) is 0 Å². The van der Waals surface area contributed by atoms with Crippen molar-refractivity contribution in [1.82, 2.24) is 10.3 Å². The average molecular weight is 361 g/mol. The zero-order valence-corrected chi connectivity index (χ0v) is 14.7. The number of carbonyl (C=O) groups is 1. The number of nitrogens with zero attached hydrogens (tertiary/aromatic N) is 1. The highest BCUT2D eigenvalue weighted by Crippen LogP contribution is 2.28. The molecule has 1 rings (SSSR count). The topological polar surface area (TPSA) is 51.2 Å². The van der Waals surface area contributed by atoms with E-state index in [0.717, 1.165) is 9.50 Å². The minimum atomic E-state index is -0.669. The number of halogens is 1. The number of likely N-dealkylation sites (N-methyl/N-ethyl adjacent to an activating group) is 1. The first-order chi connectivity index (χ1) is 9.41. The Bertz CT molecular complexity index is 441. The lowest BCUT2D eigenvalue weighted by Crippen LogP contribution is -2.50. The van der Waals surface area contributed by atoms with E-state index in [1.807, 2.05) is 26.0 Å². The standard InChI is InChI=1S/C14H21BrN2O2S/c1-5-19-13(18)14(3,16-4)8-10(2)20-12-7-6-11(15)9-17-12/h6-7,9-10,16H,5,8H2,1-4H3. The largest absolute Gasteiger partial charge is 0.465 e. The second-order valence-corrected chi connectivity index (χ2v) is 7.12. The van der Waals surface area contributed by atoms with Gasteiger partial charge in [-0.15, -0.1) is 11.8 Å². The molecule has 0 spiro atoms. The third-order valence-corrected chi connectivity index (χ3v) is 4.52. The summed E-state index contributed by atoms with van der Waals surface area (Å²) in [7, 11) is 1.78. The summed E-state index contributed by atoms with van der Waals surface area (Å²) in [5.74, 6) is -0.210. The first kappa shape index (κ1) is 17.5. The van der Waals surface area contributed by atoms with Crippen molar-refractivity contribution < 1.29 is 9.53 Å². The predicted octanol–water partition coefficient (Wildman–Crippen LogP) is 3.26. The van der Waals surface area contributed by atoms with Gasteiger partial charge in [0.15, 0.2) is 0 Å². The van der Waals surface area contributed by atoms with Crippen molar-refractivity contribution in [2.24, 2.45) is 0 Å². The molecule has 2 atom stereocenters. The van der Waals surface area contributed by atoms with Crippen LogP contribution in [-0.2, 0) is 9.53 Å². The normalized spacial score (nSPS) is 15.4. The molecular weight excluding hydrogens is 340 g/mol. The van der Waals surface area contributed by atoms with Crippen LogP contribution in [0.1, 0.15) is 27.2 Å². The van der Waals surface area contributed by atoms with Crippen molar-refractivity contribution in [3.63, 3.8) is 0 Å². The molecule has 0 aliphatic heterocycles. The number of hydrogen-bond donors (Lipinski definition) is 1. The Labute approximate surface area is 133 Å². The van der Waals surface area contributed by atoms with E-state index in [4.69, 9.17) is 4.74 Å². The first-order valence-corrected chi connectivity index (χ1v) is 8.23. The fraction of sp³-hybridized carbons (Fsp3) is 0.571. The van der Waals surface area contributed by atoms with Gasteiger partial charge < -0.3 is 10.1 Å². The minimum Gasteiger partial charge on any atom is -0.465 e. The summed E-state index contributed by atoms with van der Waals surface area (Å²) in [6, 6.07) is 3.93. The monoisotopic (exact) mass is 360 g/mol. The summed E-state index contributed by atoms with van der Waals surface area (Å²) in [5.41, 5.74) is -0.669. The van der Waals surface area contributed by atoms with Crippen LogP contribution in [0.5, 0.6) is 0 Å². The predicted molar refractivity (Wildman–Crippen MR) is 86.0 cm³/mol. The molecule has 0 aliphatic carbocycles. The van der Waals surface area contributed by atoms with Gasteiger partial charge in [-0.1, -0.05) is 6.92 Å². The highest BCUT2D eigenvalue weighted by molar-refractivity contribution is 9.10. The van der Waals surface area contributed by atoms with Crippen LogP contribution in [0.2, 0.25) is 0 Å². The van der Waals surface area contributed by atoms with Crippen LogP contribution in [0.3, 0.4) is 0 Å². The second-order valence-electron chi connectivity index (χ2n) is 4.75. The van der Waals surface area contributed by atoms with E-state index in [9.17, 15) is 4.79 Å². The number of esters is 1. The maximum absolute atomic E-state index is 12.0. The fourth-order valence-corrected chi connectivity index (χ4v) is 3.16. The van der Waals surface area contributed by atoms with Crippen molar-refractivity contribution in [2.75, 3.05) is 13.7 Å². The molecule has 6 heteroatoms. The van der Waals surface area contributed by atoms with Crippen LogP contribution in [-0.4, -0.2) is 35.4 Å². The summed E-state index contributed by atoms with van der Waals surface area (Å²) in [6.07, 6.45) is 2.45. The van der Waals surface area contributed by atoms with Crippen LogP contribution in [0.15, 0.2) is 27.8 Å². The highest BCUT2D eigenvalue weighted by atomic mass is 79.9. The minimum absolute atomic E-state index is 0.210. The number of ether oxygens (including phenoxy) is 1. The van der Waals surface area contributed by atoms with E-state index >= 15 is 0 Å². The van der Waals surface area contributed by atoms with Gasteiger partial charge in [0.25, 0.3) is 0 Å². The van der Waals surface area contributed by atoms with Crippen LogP contribution in [0, 0.1) is 0 Å². The lowest BCUT2D eigenvalue weighted by molar-refractivity contribution is -0.150. The van der Waals surface area contributed by atoms with Crippen molar-refractivity contribution in [3.05, 3.63) is 22.8 Å². The number of aromatic nitrogens is 1. The Morgan fingerprint density at radius 1 is 1.60 bits per heavy atom. The second kappa shape index (κ2) is 8.00. The van der Waals surface area contributed by atoms with E-state index in [-0.39, 0.29) is 11.2 Å². The molecule has 1 heterocycles. The number of nitrogens with one attached hydrogen (secondary N) is 1. The van der Waals surface area contributed by atoms with E-state index < -0.39 is 5.54 Å². The molecule has 0 radical (unpaired) electrons. The molecule has 0 bridgehead atoms. The molecule has 1 N–H and O–H groups in total. The van der Waals surface area contributed by atoms with Crippen molar-refractivity contribution in [3.8, 4) is 0 Å². The molecule has 1 aromatic rings. The lowest BCUT2D eigenvalue weighted by atomic mass is 9.96. The van der Waals surface area contributed by atoms with Crippen molar-refractivity contribution >= 4 is 33.7 Å². The smallest absolute Gasteiger partial charge is 0.326 e. The summed E-state index contributed by atoms with van der Waals surface area (Å²) in [4.78, 5) is 16.3. The third kappa shape index (κ3) is 5.07. The SMILES string of the molecule is CCOC(=O)C(C)(CC(C)Sc1ccc(Br)cn1)NC. The number of pyridine rings is 1. The van der Waals surface area contributed by atoms with Crippen LogP contribution < -0.4 is 5.32 Å². The van der Waals surface area contributed by atoms with Crippen LogP contribution >= 0.6 is 27.7 Å². The van der Waals surface area contributed by atoms with Crippen molar-refractivity contribution in [2.45, 2.75) is 43.0 Å². The van der Waals surface area contributed by atoms with E-state index in [1.54, 1.807) is 25.0 Å². The van der Waals surface area contributed by atoms with Gasteiger partial charge in [-0.2, -0.15) is 0 Å². The van der Waals surface area contributed by atoms with Crippen LogP contribution in [0.25, 0.3) is 0 Å². The number of rotatable bonds is 7. The maximum Gasteiger partial charge on any atom is 0.326 e. The third-order valence-electron chi connectivity index (χ3n) is 3.00. The van der Waals surface area contributed by atoms with Gasteiger partial charge in [-0.05, 0) is 55.4 Å². The summed E-state index contributed by atoms with van der Waals surface area (Å²) in [5, 5.41) is 4.26. The Hall–Kier alpha value is -0.590. The summed E-state index contributed by atoms with van der Waals surface area (Å²) >= 11 is 5.02. The number of carbonyl (C=O) groups excluding carboxylic acids is 1. The molecule has 1 aromatic heterocycles. The molecule has 0 saturated carbocycles. The van der Waals surface area contributed by atoms with Gasteiger partial charge in [0.05, 0.1) is 11.6 Å². The summed E-state index contributed by atoms with van der Waals surface area (Å²) in [6.45, 7) is 6.17. The Morgan fingerprint density at radius 2 is 2.30 bits per heavy atom. The molecule has 112 valence electrons. The number of hydrogen-bond acceptors (Lipinski definition) is 5. The van der Waals surface area contributed by atoms with E-state index in [2.05, 4.69) is 33.2 Å². The zero-order valence-electron chi connectivity index (χ0n) is 12.3. The zero-order chi connectivity index (χ0) is 15.2. The lowest BCUT2D eigenvalue weighted by Gasteiger charge is -2.29. The fourth-order valence-electron chi connectivity index (χ4n) is 1.83. The molecule has 0 aliphatic rings. The Morgan fingerprint density at radius 3 is 2.80 bits per heavy atom. The maximum atomic E-state index is 12.0. The Balaban J connectivity index is 2.65. The summed E-state index contributed by atoms with van der Waals surface area (Å²) < 4.78 is 6.09. The van der Waals surface area contributed by atoms with Gasteiger partial charge in [-0.3, -0.25) is 4.79 Å². The molecule has 0 fully saturated rings. The van der Waals surface area contributed by atoms with E-state index in [0.29, 0.717) is 13.0 Å². The van der Waals surface area contributed by atoms with E-state index in [1.165, 1.54) is 0 Å². The highest BCUT2D eigenvalue weighted by Gasteiger charge is 2.34. The quantitative estimate of drug-likeness (QED) is 0.597. The van der Waals surface area contributed by atoms with Gasteiger partial charge in [0, 0.05) is 15.9 Å². The Kier molecular flexibility index (Phi) is 6.99. The average Bonchev–Trinajstić information content (AvgIpc) is 2.41. The van der Waals surface area contributed by atoms with Gasteiger partial charge in [-0.25, -0.2) is 4.98 Å². The molecule has 0 amide bonds. The molecule has 4 nitrogen and oxygen atoms in total. The molecule has 0 aromatic carbocycles.